The molecular weight excluding hydrogens is 444 g/mol. The van der Waals surface area contributed by atoms with Gasteiger partial charge in [-0.2, -0.15) is 0 Å². The average molecular weight is 464 g/mol. The zero-order valence-electron chi connectivity index (χ0n) is 16.1. The number of benzene rings is 2. The average Bonchev–Trinajstić information content (AvgIpc) is 3.24. The zero-order valence-corrected chi connectivity index (χ0v) is 19.3. The minimum absolute atomic E-state index is 0.0592. The van der Waals surface area contributed by atoms with Crippen molar-refractivity contribution in [1.82, 2.24) is 0 Å². The van der Waals surface area contributed by atoms with Crippen LogP contribution in [0, 0.1) is 0 Å². The van der Waals surface area contributed by atoms with Crippen LogP contribution < -0.4 is 9.64 Å². The number of amides is 1. The van der Waals surface area contributed by atoms with Crippen molar-refractivity contribution in [3.05, 3.63) is 64.0 Å². The van der Waals surface area contributed by atoms with Gasteiger partial charge < -0.3 is 9.64 Å². The molecule has 4 rings (SSSR count). The van der Waals surface area contributed by atoms with E-state index in [1.54, 1.807) is 35.3 Å². The Kier molecular flexibility index (Phi) is 6.49. The van der Waals surface area contributed by atoms with Gasteiger partial charge in [-0.05, 0) is 18.4 Å². The standard InChI is InChI=1S/C21H20ClN2O2S3/c1-23-16-12-15(26-11-10-22)8-9-17(16)28-20(23)18-19(25)24(21(27-2)29-18)13-14-6-4-3-5-7-14/h3-9,12H,10-11,13H2,1-2H3/q+1. The van der Waals surface area contributed by atoms with Crippen LogP contribution in [0.15, 0.2) is 63.4 Å². The third-order valence-corrected chi connectivity index (χ3v) is 8.36. The van der Waals surface area contributed by atoms with Gasteiger partial charge in [0.25, 0.3) is 4.38 Å². The van der Waals surface area contributed by atoms with Crippen molar-refractivity contribution >= 4 is 62.9 Å². The monoisotopic (exact) mass is 463 g/mol. The van der Waals surface area contributed by atoms with E-state index in [4.69, 9.17) is 16.3 Å². The number of anilines is 1. The number of fused-ring (bicyclic) bond motifs is 1. The van der Waals surface area contributed by atoms with Gasteiger partial charge in [0.05, 0.1) is 11.6 Å². The van der Waals surface area contributed by atoms with E-state index >= 15 is 0 Å². The SMILES string of the molecule is CSC1=[N+](Cc2ccccc2)C(=O)C(=C2Sc3ccc(OCCCl)cc3N2C)S1. The number of nitrogens with zero attached hydrogens (tertiary/aromatic N) is 2. The molecule has 29 heavy (non-hydrogen) atoms. The number of halogens is 1. The Morgan fingerprint density at radius 3 is 2.69 bits per heavy atom. The fraction of sp³-hybridized carbons (Fsp3) is 0.238. The molecule has 0 aromatic heterocycles. The van der Waals surface area contributed by atoms with E-state index in [0.717, 1.165) is 36.2 Å². The summed E-state index contributed by atoms with van der Waals surface area (Å²) >= 11 is 10.5. The molecule has 2 heterocycles. The lowest BCUT2D eigenvalue weighted by Gasteiger charge is -2.15. The molecule has 2 aliphatic rings. The molecular formula is C21H20ClN2O2S3+. The number of rotatable bonds is 5. The Hall–Kier alpha value is -1.54. The molecule has 0 atom stereocenters. The maximum Gasteiger partial charge on any atom is 0.430 e. The third kappa shape index (κ3) is 4.19. The Morgan fingerprint density at radius 2 is 1.97 bits per heavy atom. The van der Waals surface area contributed by atoms with E-state index in [0.29, 0.717) is 19.0 Å². The summed E-state index contributed by atoms with van der Waals surface area (Å²) in [6, 6.07) is 16.1. The summed E-state index contributed by atoms with van der Waals surface area (Å²) in [4.78, 5) is 17.3. The summed E-state index contributed by atoms with van der Waals surface area (Å²) in [6.07, 6.45) is 2.02. The van der Waals surface area contributed by atoms with Crippen LogP contribution in [0.1, 0.15) is 5.56 Å². The van der Waals surface area contributed by atoms with Crippen LogP contribution in [0.5, 0.6) is 5.75 Å². The van der Waals surface area contributed by atoms with Gasteiger partial charge in [-0.25, -0.2) is 4.79 Å². The lowest BCUT2D eigenvalue weighted by Crippen LogP contribution is -2.21. The van der Waals surface area contributed by atoms with E-state index < -0.39 is 0 Å². The molecule has 0 bridgehead atoms. The molecule has 2 aromatic carbocycles. The van der Waals surface area contributed by atoms with Crippen LogP contribution in [0.4, 0.5) is 5.69 Å². The Balaban J connectivity index is 1.62. The molecule has 0 fully saturated rings. The van der Waals surface area contributed by atoms with E-state index in [1.807, 2.05) is 54.3 Å². The van der Waals surface area contributed by atoms with Crippen molar-refractivity contribution in [2.75, 3.05) is 30.7 Å². The summed E-state index contributed by atoms with van der Waals surface area (Å²) in [6.45, 7) is 1.05. The smallest absolute Gasteiger partial charge is 0.430 e. The molecule has 8 heteroatoms. The van der Waals surface area contributed by atoms with Gasteiger partial charge in [0.15, 0.2) is 11.4 Å². The normalized spacial score (nSPS) is 18.6. The van der Waals surface area contributed by atoms with Crippen molar-refractivity contribution in [3.63, 3.8) is 0 Å². The van der Waals surface area contributed by atoms with Gasteiger partial charge >= 0.3 is 5.91 Å². The number of carbonyl (C=O) groups excluding carboxylic acids is 1. The fourth-order valence-corrected chi connectivity index (χ4v) is 6.35. The molecule has 150 valence electrons. The predicted octanol–water partition coefficient (Wildman–Crippen LogP) is 5.22. The Labute approximate surface area is 188 Å². The van der Waals surface area contributed by atoms with Crippen molar-refractivity contribution in [2.45, 2.75) is 11.4 Å². The zero-order chi connectivity index (χ0) is 20.4. The quantitative estimate of drug-likeness (QED) is 0.343. The van der Waals surface area contributed by atoms with Crippen molar-refractivity contribution < 1.29 is 14.1 Å². The molecule has 4 nitrogen and oxygen atoms in total. The first-order valence-electron chi connectivity index (χ1n) is 9.05. The molecule has 2 aliphatic heterocycles. The third-order valence-electron chi connectivity index (χ3n) is 4.55. The second-order valence-corrected chi connectivity index (χ2v) is 9.87. The number of alkyl halides is 1. The van der Waals surface area contributed by atoms with Crippen LogP contribution in [0.2, 0.25) is 0 Å². The summed E-state index contributed by atoms with van der Waals surface area (Å²) in [5.41, 5.74) is 2.17. The number of hydrogen-bond acceptors (Lipinski definition) is 6. The lowest BCUT2D eigenvalue weighted by atomic mass is 10.2. The molecule has 0 radical (unpaired) electrons. The maximum absolute atomic E-state index is 13.3. The minimum Gasteiger partial charge on any atom is -0.492 e. The molecule has 0 aliphatic carbocycles. The van der Waals surface area contributed by atoms with Gasteiger partial charge in [0, 0.05) is 35.3 Å². The summed E-state index contributed by atoms with van der Waals surface area (Å²) in [5, 5.41) is 0.964. The van der Waals surface area contributed by atoms with Gasteiger partial charge in [-0.1, -0.05) is 53.9 Å². The second kappa shape index (κ2) is 9.08. The van der Waals surface area contributed by atoms with Crippen LogP contribution in [-0.2, 0) is 11.3 Å². The highest BCUT2D eigenvalue weighted by Crippen LogP contribution is 2.50. The maximum atomic E-state index is 13.3. The molecule has 0 N–H and O–H groups in total. The Bertz CT molecular complexity index is 1010. The molecule has 1 amide bonds. The number of carbonyl (C=O) groups is 1. The van der Waals surface area contributed by atoms with Crippen LogP contribution in [0.3, 0.4) is 0 Å². The molecule has 0 saturated carbocycles. The number of hydrogen-bond donors (Lipinski definition) is 0. The van der Waals surface area contributed by atoms with Crippen LogP contribution in [-0.4, -0.2) is 40.6 Å². The van der Waals surface area contributed by atoms with E-state index in [9.17, 15) is 4.79 Å². The van der Waals surface area contributed by atoms with Gasteiger partial charge in [0.1, 0.15) is 17.4 Å². The minimum atomic E-state index is 0.0592. The van der Waals surface area contributed by atoms with E-state index in [1.165, 1.54) is 0 Å². The first-order chi connectivity index (χ1) is 14.1. The highest BCUT2D eigenvalue weighted by molar-refractivity contribution is 8.40. The topological polar surface area (TPSA) is 32.5 Å². The van der Waals surface area contributed by atoms with Crippen LogP contribution in [0.25, 0.3) is 0 Å². The van der Waals surface area contributed by atoms with Crippen molar-refractivity contribution in [2.24, 2.45) is 0 Å². The fourth-order valence-electron chi connectivity index (χ4n) is 3.15. The summed E-state index contributed by atoms with van der Waals surface area (Å²) in [7, 11) is 2.00. The summed E-state index contributed by atoms with van der Waals surface area (Å²) < 4.78 is 8.54. The largest absolute Gasteiger partial charge is 0.492 e. The first kappa shape index (κ1) is 20.7. The van der Waals surface area contributed by atoms with Gasteiger partial charge in [-0.15, -0.1) is 16.2 Å². The van der Waals surface area contributed by atoms with E-state index in [-0.39, 0.29) is 5.91 Å². The van der Waals surface area contributed by atoms with Crippen molar-refractivity contribution in [1.29, 1.82) is 0 Å². The predicted molar refractivity (Wildman–Crippen MR) is 125 cm³/mol. The molecule has 0 unspecified atom stereocenters. The van der Waals surface area contributed by atoms with Crippen molar-refractivity contribution in [3.8, 4) is 5.75 Å². The first-order valence-corrected chi connectivity index (χ1v) is 12.4. The van der Waals surface area contributed by atoms with E-state index in [2.05, 4.69) is 17.0 Å². The highest BCUT2D eigenvalue weighted by Gasteiger charge is 2.42. The molecule has 2 aromatic rings. The summed E-state index contributed by atoms with van der Waals surface area (Å²) in [5.74, 6) is 1.30. The number of ether oxygens (including phenoxy) is 1. The van der Waals surface area contributed by atoms with Crippen LogP contribution >= 0.6 is 46.9 Å². The van der Waals surface area contributed by atoms with Gasteiger partial charge in [-0.3, -0.25) is 0 Å². The lowest BCUT2D eigenvalue weighted by molar-refractivity contribution is -0.453. The molecule has 0 saturated heterocycles. The van der Waals surface area contributed by atoms with Gasteiger partial charge in [0.2, 0.25) is 0 Å². The Morgan fingerprint density at radius 1 is 1.17 bits per heavy atom. The second-order valence-electron chi connectivity index (χ2n) is 6.41. The number of thioether (sulfide) groups is 3. The highest BCUT2D eigenvalue weighted by atomic mass is 35.5. The molecule has 0 spiro atoms.